The van der Waals surface area contributed by atoms with Crippen molar-refractivity contribution in [2.75, 3.05) is 39.4 Å². The number of aliphatic hydroxyl groups is 2. The lowest BCUT2D eigenvalue weighted by molar-refractivity contribution is -0.251. The van der Waals surface area contributed by atoms with Gasteiger partial charge in [0.15, 0.2) is 6.29 Å². The van der Waals surface area contributed by atoms with E-state index in [-0.39, 0.29) is 40.8 Å². The van der Waals surface area contributed by atoms with Gasteiger partial charge in [0.05, 0.1) is 36.6 Å². The first-order valence-electron chi connectivity index (χ1n) is 22.5. The van der Waals surface area contributed by atoms with Gasteiger partial charge in [0, 0.05) is 37.2 Å². The summed E-state index contributed by atoms with van der Waals surface area (Å²) < 4.78 is 26.7. The molecule has 0 unspecified atom stereocenters. The van der Waals surface area contributed by atoms with Crippen LogP contribution in [0.3, 0.4) is 0 Å². The van der Waals surface area contributed by atoms with E-state index in [9.17, 15) is 10.2 Å². The van der Waals surface area contributed by atoms with Crippen molar-refractivity contribution < 1.29 is 29.2 Å². The highest BCUT2D eigenvalue weighted by Gasteiger charge is 2.84. The van der Waals surface area contributed by atoms with E-state index in [0.717, 1.165) is 38.6 Å². The van der Waals surface area contributed by atoms with E-state index in [1.807, 2.05) is 20.8 Å². The summed E-state index contributed by atoms with van der Waals surface area (Å²) in [6.07, 6.45) is 15.1. The first kappa shape index (κ1) is 38.2. The van der Waals surface area contributed by atoms with Gasteiger partial charge in [-0.25, -0.2) is 0 Å². The zero-order chi connectivity index (χ0) is 37.3. The highest BCUT2D eigenvalue weighted by Crippen LogP contribution is 2.89. The standard InChI is InChI=1S/C45H76N2O6/c1-9-50-39(41(5,6)49)31-25-28(2)36-37(52-31)38(48)43(8)33-14-13-32-40(3,4)34(15-18-44(32)27-45(33,44)20-19-42(36,43)7)53-35-26-47(23-24-51-35)30-16-21-46(22-17-30)29-11-10-12-29/h28-39,48-49H,9-27H2,1-8H3/t28-,31-,32+,33+,34+,35+,36+,37+,38+,39+,42-,43-,44-,45+/m1/s1. The van der Waals surface area contributed by atoms with Gasteiger partial charge in [0.1, 0.15) is 6.10 Å². The van der Waals surface area contributed by atoms with Crippen LogP contribution >= 0.6 is 0 Å². The first-order valence-corrected chi connectivity index (χ1v) is 22.5. The maximum atomic E-state index is 12.7. The van der Waals surface area contributed by atoms with Crippen LogP contribution in [0.25, 0.3) is 0 Å². The van der Waals surface area contributed by atoms with Gasteiger partial charge in [-0.3, -0.25) is 4.90 Å². The van der Waals surface area contributed by atoms with E-state index in [1.54, 1.807) is 0 Å². The Morgan fingerprint density at radius 1 is 0.868 bits per heavy atom. The third-order valence-corrected chi connectivity index (χ3v) is 19.1. The molecule has 2 N–H and O–H groups in total. The smallest absolute Gasteiger partial charge is 0.170 e. The summed E-state index contributed by atoms with van der Waals surface area (Å²) in [5, 5.41) is 23.8. The fourth-order valence-corrected chi connectivity index (χ4v) is 16.3. The first-order chi connectivity index (χ1) is 25.1. The number of nitrogens with zero attached hydrogens (tertiary/aromatic N) is 2. The van der Waals surface area contributed by atoms with Crippen molar-refractivity contribution in [1.29, 1.82) is 0 Å². The molecule has 3 aliphatic heterocycles. The van der Waals surface area contributed by atoms with Crippen molar-refractivity contribution in [3.63, 3.8) is 0 Å². The molecular formula is C45H76N2O6. The van der Waals surface area contributed by atoms with Crippen molar-refractivity contribution >= 4 is 0 Å². The zero-order valence-electron chi connectivity index (χ0n) is 34.8. The molecule has 8 nitrogen and oxygen atoms in total. The monoisotopic (exact) mass is 741 g/mol. The van der Waals surface area contributed by atoms with Gasteiger partial charge < -0.3 is 34.1 Å². The Balaban J connectivity index is 0.892. The molecule has 0 aromatic heterocycles. The second kappa shape index (κ2) is 13.1. The Kier molecular flexibility index (Phi) is 9.44. The number of fused-ring (bicyclic) bond motifs is 4. The summed E-state index contributed by atoms with van der Waals surface area (Å²) in [5.41, 5.74) is -0.411. The van der Waals surface area contributed by atoms with E-state index in [0.29, 0.717) is 47.2 Å². The summed E-state index contributed by atoms with van der Waals surface area (Å²) >= 11 is 0. The molecule has 53 heavy (non-hydrogen) atoms. The van der Waals surface area contributed by atoms with Gasteiger partial charge in [-0.15, -0.1) is 0 Å². The largest absolute Gasteiger partial charge is 0.390 e. The van der Waals surface area contributed by atoms with Crippen LogP contribution in [0, 0.1) is 50.7 Å². The molecule has 9 rings (SSSR count). The maximum Gasteiger partial charge on any atom is 0.170 e. The number of ether oxygens (including phenoxy) is 4. The summed E-state index contributed by atoms with van der Waals surface area (Å²) in [7, 11) is 0. The van der Waals surface area contributed by atoms with E-state index in [2.05, 4.69) is 44.4 Å². The lowest BCUT2D eigenvalue weighted by Gasteiger charge is -2.64. The average molecular weight is 741 g/mol. The molecule has 9 aliphatic rings. The third-order valence-electron chi connectivity index (χ3n) is 19.1. The fraction of sp³-hybridized carbons (Fsp3) is 1.00. The molecule has 2 spiro atoms. The molecule has 3 saturated heterocycles. The van der Waals surface area contributed by atoms with Gasteiger partial charge in [-0.05, 0) is 156 Å². The summed E-state index contributed by atoms with van der Waals surface area (Å²) in [5.74, 6) is 1.87. The molecule has 0 aromatic rings. The number of likely N-dealkylation sites (tertiary alicyclic amines) is 1. The van der Waals surface area contributed by atoms with Crippen LogP contribution in [0.5, 0.6) is 0 Å². The molecule has 6 aliphatic carbocycles. The number of hydrogen-bond donors (Lipinski definition) is 2. The zero-order valence-corrected chi connectivity index (χ0v) is 34.8. The van der Waals surface area contributed by atoms with E-state index in [4.69, 9.17) is 18.9 Å². The molecule has 0 bridgehead atoms. The van der Waals surface area contributed by atoms with Crippen LogP contribution in [-0.4, -0.2) is 114 Å². The minimum absolute atomic E-state index is 0.0255. The highest BCUT2D eigenvalue weighted by atomic mass is 16.7. The maximum absolute atomic E-state index is 12.7. The Morgan fingerprint density at radius 3 is 2.25 bits per heavy atom. The SMILES string of the molecule is CCO[C@@H]([C@H]1C[C@@H](C)[C@H]2[C@H](O1)[C@H](O)[C@@]1(C)[C@@H]3CC[C@H]4C(C)(C)[C@@H](O[C@H]5CN(C6CCN(C7CCC7)CC6)CCO5)CC[C@@]45C[C@@]35CC[C@]21C)C(C)(C)O. The number of morpholine rings is 1. The number of piperidine rings is 1. The van der Waals surface area contributed by atoms with Gasteiger partial charge in [-0.1, -0.05) is 41.0 Å². The molecule has 6 saturated carbocycles. The van der Waals surface area contributed by atoms with Crippen LogP contribution in [0.2, 0.25) is 0 Å². The van der Waals surface area contributed by atoms with E-state index < -0.39 is 17.8 Å². The second-order valence-electron chi connectivity index (χ2n) is 21.9. The Labute approximate surface area is 321 Å². The van der Waals surface area contributed by atoms with Crippen molar-refractivity contribution in [2.24, 2.45) is 50.7 Å². The lowest BCUT2D eigenvalue weighted by atomic mass is 9.41. The van der Waals surface area contributed by atoms with Crippen molar-refractivity contribution in [3.05, 3.63) is 0 Å². The lowest BCUT2D eigenvalue weighted by Crippen LogP contribution is -2.60. The molecular weight excluding hydrogens is 665 g/mol. The van der Waals surface area contributed by atoms with Crippen molar-refractivity contribution in [1.82, 2.24) is 9.80 Å². The van der Waals surface area contributed by atoms with Crippen LogP contribution < -0.4 is 0 Å². The minimum atomic E-state index is -1.01. The topological polar surface area (TPSA) is 83.9 Å². The Bertz CT molecular complexity index is 1360. The summed E-state index contributed by atoms with van der Waals surface area (Å²) in [6, 6.07) is 1.54. The van der Waals surface area contributed by atoms with Crippen molar-refractivity contribution in [2.45, 2.75) is 193 Å². The molecule has 0 amide bonds. The Morgan fingerprint density at radius 2 is 1.57 bits per heavy atom. The molecule has 9 fully saturated rings. The molecule has 14 atom stereocenters. The van der Waals surface area contributed by atoms with Gasteiger partial charge in [0.25, 0.3) is 0 Å². The summed E-state index contributed by atoms with van der Waals surface area (Å²) in [4.78, 5) is 5.48. The summed E-state index contributed by atoms with van der Waals surface area (Å²) in [6.45, 7) is 24.0. The molecule has 0 radical (unpaired) electrons. The molecule has 3 heterocycles. The van der Waals surface area contributed by atoms with Gasteiger partial charge in [0.2, 0.25) is 0 Å². The second-order valence-corrected chi connectivity index (χ2v) is 21.9. The predicted octanol–water partition coefficient (Wildman–Crippen LogP) is 7.04. The number of hydrogen-bond acceptors (Lipinski definition) is 8. The minimum Gasteiger partial charge on any atom is -0.390 e. The molecule has 8 heteroatoms. The molecule has 302 valence electrons. The quantitative estimate of drug-likeness (QED) is 0.275. The number of aliphatic hydroxyl groups excluding tert-OH is 1. The van der Waals surface area contributed by atoms with Crippen LogP contribution in [0.15, 0.2) is 0 Å². The normalized spacial score (nSPS) is 50.9. The van der Waals surface area contributed by atoms with E-state index in [1.165, 1.54) is 83.7 Å². The van der Waals surface area contributed by atoms with Crippen LogP contribution in [0.4, 0.5) is 0 Å². The van der Waals surface area contributed by atoms with Gasteiger partial charge in [-0.2, -0.15) is 0 Å². The third kappa shape index (κ3) is 5.47. The number of rotatable bonds is 8. The predicted molar refractivity (Wildman–Crippen MR) is 206 cm³/mol. The van der Waals surface area contributed by atoms with E-state index >= 15 is 0 Å². The Hall–Kier alpha value is -0.320. The van der Waals surface area contributed by atoms with Crippen LogP contribution in [0.1, 0.15) is 139 Å². The van der Waals surface area contributed by atoms with Gasteiger partial charge >= 0.3 is 0 Å². The molecule has 0 aromatic carbocycles. The fourth-order valence-electron chi connectivity index (χ4n) is 16.3. The average Bonchev–Trinajstić information content (AvgIpc) is 3.72. The highest BCUT2D eigenvalue weighted by molar-refractivity contribution is 5.33. The van der Waals surface area contributed by atoms with Crippen LogP contribution in [-0.2, 0) is 18.9 Å². The van der Waals surface area contributed by atoms with Crippen molar-refractivity contribution in [3.8, 4) is 0 Å².